The molecule has 2 rings (SSSR count). The number of hydrogen-bond donors (Lipinski definition) is 0. The molecule has 0 spiro atoms. The van der Waals surface area contributed by atoms with Gasteiger partial charge in [-0.25, -0.2) is 4.79 Å². The number of nitrogens with zero attached hydrogens (tertiary/aromatic N) is 4. The molecular formula is C20H20BrClN4O6. The molecule has 0 radical (unpaired) electrons. The number of non-ortho nitro benzene ring substituents is 1. The number of nitro benzene ring substituents is 1. The van der Waals surface area contributed by atoms with Crippen molar-refractivity contribution in [1.82, 2.24) is 0 Å². The number of methoxy groups -OCH3 is 2. The molecule has 2 aromatic rings. The standard InChI is InChI=1S/C20H20BrClN4O6/c1-12(20(28)32-3)25(9-8-18(27)31-2)14-6-4-13(5-7-14)23-24-19-16(21)10-15(26(29)30)11-17(19)22/h4-7,10-12H,8-9H2,1-3H3/t12-/m0/s1. The van der Waals surface area contributed by atoms with Crippen LogP contribution in [0.1, 0.15) is 13.3 Å². The number of hydrogen-bond acceptors (Lipinski definition) is 9. The Morgan fingerprint density at radius 1 is 1.19 bits per heavy atom. The topological polar surface area (TPSA) is 124 Å². The van der Waals surface area contributed by atoms with Crippen molar-refractivity contribution in [3.05, 3.63) is 56.0 Å². The number of carbonyl (C=O) groups is 2. The van der Waals surface area contributed by atoms with Crippen LogP contribution in [0.3, 0.4) is 0 Å². The lowest BCUT2D eigenvalue weighted by Gasteiger charge is -2.29. The zero-order valence-electron chi connectivity index (χ0n) is 17.4. The second kappa shape index (κ2) is 11.5. The summed E-state index contributed by atoms with van der Waals surface area (Å²) in [6, 6.07) is 8.62. The van der Waals surface area contributed by atoms with Crippen LogP contribution in [0, 0.1) is 10.1 Å². The zero-order valence-corrected chi connectivity index (χ0v) is 19.8. The normalized spacial score (nSPS) is 11.8. The fourth-order valence-electron chi connectivity index (χ4n) is 2.73. The maximum Gasteiger partial charge on any atom is 0.328 e. The number of halogens is 2. The quantitative estimate of drug-likeness (QED) is 0.186. The van der Waals surface area contributed by atoms with E-state index in [-0.39, 0.29) is 29.4 Å². The van der Waals surface area contributed by atoms with Crippen molar-refractivity contribution in [3.63, 3.8) is 0 Å². The smallest absolute Gasteiger partial charge is 0.328 e. The summed E-state index contributed by atoms with van der Waals surface area (Å²) in [5.74, 6) is -0.848. The predicted molar refractivity (Wildman–Crippen MR) is 122 cm³/mol. The lowest BCUT2D eigenvalue weighted by Crippen LogP contribution is -2.41. The Hall–Kier alpha value is -3.05. The van der Waals surface area contributed by atoms with E-state index < -0.39 is 22.9 Å². The van der Waals surface area contributed by atoms with Crippen LogP contribution in [0.15, 0.2) is 51.1 Å². The van der Waals surface area contributed by atoms with Gasteiger partial charge in [0.1, 0.15) is 11.7 Å². The minimum absolute atomic E-state index is 0.0762. The second-order valence-corrected chi connectivity index (χ2v) is 7.71. The number of carbonyl (C=O) groups excluding carboxylic acids is 2. The lowest BCUT2D eigenvalue weighted by atomic mass is 10.2. The fraction of sp³-hybridized carbons (Fsp3) is 0.300. The number of anilines is 1. The highest BCUT2D eigenvalue weighted by Crippen LogP contribution is 2.38. The van der Waals surface area contributed by atoms with Crippen LogP contribution < -0.4 is 4.90 Å². The molecule has 32 heavy (non-hydrogen) atoms. The van der Waals surface area contributed by atoms with Crippen molar-refractivity contribution in [2.75, 3.05) is 25.7 Å². The zero-order chi connectivity index (χ0) is 23.8. The molecule has 0 unspecified atom stereocenters. The SMILES string of the molecule is COC(=O)CCN(c1ccc(N=Nc2c(Cl)cc([N+](=O)[O-])cc2Br)cc1)[C@@H](C)C(=O)OC. The van der Waals surface area contributed by atoms with Gasteiger partial charge in [-0.3, -0.25) is 14.9 Å². The summed E-state index contributed by atoms with van der Waals surface area (Å²) in [6.45, 7) is 1.92. The molecule has 0 N–H and O–H groups in total. The molecule has 0 aromatic heterocycles. The molecular weight excluding hydrogens is 508 g/mol. The van der Waals surface area contributed by atoms with Gasteiger partial charge in [-0.15, -0.1) is 5.11 Å². The Bertz CT molecular complexity index is 1010. The van der Waals surface area contributed by atoms with Crippen molar-refractivity contribution in [2.24, 2.45) is 10.2 Å². The van der Waals surface area contributed by atoms with E-state index in [1.807, 2.05) is 0 Å². The average molecular weight is 528 g/mol. The minimum Gasteiger partial charge on any atom is -0.469 e. The summed E-state index contributed by atoms with van der Waals surface area (Å²) in [6.07, 6.45) is 0.0892. The van der Waals surface area contributed by atoms with Crippen molar-refractivity contribution in [3.8, 4) is 0 Å². The molecule has 0 aliphatic carbocycles. The molecule has 170 valence electrons. The summed E-state index contributed by atoms with van der Waals surface area (Å²) < 4.78 is 9.82. The van der Waals surface area contributed by atoms with Gasteiger partial charge in [-0.2, -0.15) is 5.11 Å². The summed E-state index contributed by atoms with van der Waals surface area (Å²) >= 11 is 9.30. The van der Waals surface area contributed by atoms with Crippen LogP contribution in [-0.2, 0) is 19.1 Å². The van der Waals surface area contributed by atoms with E-state index in [1.165, 1.54) is 26.4 Å². The van der Waals surface area contributed by atoms with E-state index in [0.29, 0.717) is 15.8 Å². The van der Waals surface area contributed by atoms with Gasteiger partial charge >= 0.3 is 11.9 Å². The molecule has 0 fully saturated rings. The van der Waals surface area contributed by atoms with Crippen molar-refractivity contribution in [2.45, 2.75) is 19.4 Å². The minimum atomic E-state index is -0.632. The van der Waals surface area contributed by atoms with Gasteiger partial charge in [-0.1, -0.05) is 11.6 Å². The molecule has 0 aliphatic rings. The largest absolute Gasteiger partial charge is 0.469 e. The third-order valence-electron chi connectivity index (χ3n) is 4.45. The lowest BCUT2D eigenvalue weighted by molar-refractivity contribution is -0.384. The van der Waals surface area contributed by atoms with Crippen LogP contribution >= 0.6 is 27.5 Å². The molecule has 12 heteroatoms. The summed E-state index contributed by atoms with van der Waals surface area (Å²) in [5, 5.41) is 19.2. The van der Waals surface area contributed by atoms with Crippen LogP contribution in [0.25, 0.3) is 0 Å². The van der Waals surface area contributed by atoms with E-state index in [0.717, 1.165) is 0 Å². The summed E-state index contributed by atoms with van der Waals surface area (Å²) in [5.41, 5.74) is 1.23. The third-order valence-corrected chi connectivity index (χ3v) is 5.35. The monoisotopic (exact) mass is 526 g/mol. The highest BCUT2D eigenvalue weighted by molar-refractivity contribution is 9.10. The number of rotatable bonds is 9. The van der Waals surface area contributed by atoms with Gasteiger partial charge in [0.05, 0.1) is 40.7 Å². The van der Waals surface area contributed by atoms with Gasteiger partial charge in [0.25, 0.3) is 5.69 Å². The average Bonchev–Trinajstić information content (AvgIpc) is 2.78. The van der Waals surface area contributed by atoms with Gasteiger partial charge < -0.3 is 14.4 Å². The third kappa shape index (κ3) is 6.47. The maximum absolute atomic E-state index is 12.0. The number of nitro groups is 1. The maximum atomic E-state index is 12.0. The Kier molecular flexibility index (Phi) is 9.09. The van der Waals surface area contributed by atoms with Gasteiger partial charge in [0.15, 0.2) is 0 Å². The molecule has 0 amide bonds. The highest BCUT2D eigenvalue weighted by atomic mass is 79.9. The predicted octanol–water partition coefficient (Wildman–Crippen LogP) is 5.36. The van der Waals surface area contributed by atoms with Crippen molar-refractivity contribution < 1.29 is 24.0 Å². The first-order valence-corrected chi connectivity index (χ1v) is 10.4. The van der Waals surface area contributed by atoms with E-state index in [2.05, 4.69) is 30.9 Å². The fourth-order valence-corrected chi connectivity index (χ4v) is 3.62. The van der Waals surface area contributed by atoms with Crippen LogP contribution in [0.5, 0.6) is 0 Å². The molecule has 0 saturated carbocycles. The van der Waals surface area contributed by atoms with Gasteiger partial charge in [0.2, 0.25) is 0 Å². The first-order valence-electron chi connectivity index (χ1n) is 9.24. The molecule has 0 bridgehead atoms. The Labute approximate surface area is 197 Å². The van der Waals surface area contributed by atoms with Gasteiger partial charge in [-0.05, 0) is 47.1 Å². The first kappa shape index (κ1) is 25.2. The van der Waals surface area contributed by atoms with Crippen LogP contribution in [-0.4, -0.2) is 43.7 Å². The van der Waals surface area contributed by atoms with Crippen LogP contribution in [0.2, 0.25) is 5.02 Å². The molecule has 10 nitrogen and oxygen atoms in total. The highest BCUT2D eigenvalue weighted by Gasteiger charge is 2.23. The van der Waals surface area contributed by atoms with E-state index >= 15 is 0 Å². The molecule has 2 aromatic carbocycles. The molecule has 0 heterocycles. The Balaban J connectivity index is 2.25. The number of ether oxygens (including phenoxy) is 2. The van der Waals surface area contributed by atoms with Crippen molar-refractivity contribution >= 4 is 62.2 Å². The van der Waals surface area contributed by atoms with E-state index in [4.69, 9.17) is 16.3 Å². The first-order chi connectivity index (χ1) is 15.2. The second-order valence-electron chi connectivity index (χ2n) is 6.45. The van der Waals surface area contributed by atoms with Gasteiger partial charge in [0, 0.05) is 24.4 Å². The van der Waals surface area contributed by atoms with Crippen molar-refractivity contribution in [1.29, 1.82) is 0 Å². The number of benzene rings is 2. The molecule has 1 atom stereocenters. The number of esters is 2. The molecule has 0 aliphatic heterocycles. The number of azo groups is 1. The van der Waals surface area contributed by atoms with Crippen LogP contribution in [0.4, 0.5) is 22.7 Å². The Morgan fingerprint density at radius 2 is 1.84 bits per heavy atom. The van der Waals surface area contributed by atoms with E-state index in [1.54, 1.807) is 36.1 Å². The molecule has 0 saturated heterocycles. The Morgan fingerprint density at radius 3 is 2.38 bits per heavy atom. The van der Waals surface area contributed by atoms with E-state index in [9.17, 15) is 19.7 Å². The summed E-state index contributed by atoms with van der Waals surface area (Å²) in [7, 11) is 2.59. The summed E-state index contributed by atoms with van der Waals surface area (Å²) in [4.78, 5) is 35.6.